The van der Waals surface area contributed by atoms with Crippen molar-refractivity contribution in [2.75, 3.05) is 25.6 Å². The molecule has 0 saturated carbocycles. The summed E-state index contributed by atoms with van der Waals surface area (Å²) in [6, 6.07) is 6.06. The van der Waals surface area contributed by atoms with Crippen LogP contribution in [0.2, 0.25) is 0 Å². The highest BCUT2D eigenvalue weighted by atomic mass is 127. The molecule has 0 spiro atoms. The van der Waals surface area contributed by atoms with E-state index in [2.05, 4.69) is 15.6 Å². The molecular weight excluding hydrogens is 441 g/mol. The summed E-state index contributed by atoms with van der Waals surface area (Å²) in [5, 5.41) is 6.16. The minimum absolute atomic E-state index is 0. The molecule has 0 atom stereocenters. The van der Waals surface area contributed by atoms with Crippen molar-refractivity contribution in [3.63, 3.8) is 0 Å². The fraction of sp³-hybridized carbons (Fsp3) is 0.562. The Balaban J connectivity index is 0.00000529. The van der Waals surface area contributed by atoms with Crippen molar-refractivity contribution in [2.45, 2.75) is 33.4 Å². The maximum absolute atomic E-state index is 11.1. The lowest BCUT2D eigenvalue weighted by atomic mass is 10.1. The van der Waals surface area contributed by atoms with Crippen LogP contribution in [-0.2, 0) is 16.4 Å². The van der Waals surface area contributed by atoms with Crippen LogP contribution in [0, 0.1) is 6.92 Å². The molecule has 0 aliphatic rings. The topological polar surface area (TPSA) is 79.8 Å². The summed E-state index contributed by atoms with van der Waals surface area (Å²) < 4.78 is 28.1. The molecule has 0 aliphatic carbocycles. The van der Waals surface area contributed by atoms with E-state index in [1.807, 2.05) is 39.0 Å². The first-order valence-electron chi connectivity index (χ1n) is 7.59. The maximum Gasteiger partial charge on any atom is 0.191 e. The highest BCUT2D eigenvalue weighted by Crippen LogP contribution is 2.21. The number of ether oxygens (including phenoxy) is 1. The van der Waals surface area contributed by atoms with Crippen molar-refractivity contribution < 1.29 is 13.2 Å². The van der Waals surface area contributed by atoms with Gasteiger partial charge in [0.25, 0.3) is 0 Å². The Labute approximate surface area is 162 Å². The first-order chi connectivity index (χ1) is 10.7. The number of rotatable bonds is 7. The van der Waals surface area contributed by atoms with Crippen LogP contribution in [-0.4, -0.2) is 46.1 Å². The van der Waals surface area contributed by atoms with Gasteiger partial charge in [0.15, 0.2) is 5.96 Å². The van der Waals surface area contributed by atoms with E-state index in [1.54, 1.807) is 7.05 Å². The SMILES string of the molecule is CN=C(NCCS(C)(=O)=O)NCc1ccc(C)cc1OC(C)C.I. The van der Waals surface area contributed by atoms with Gasteiger partial charge in [0.05, 0.1) is 11.9 Å². The van der Waals surface area contributed by atoms with E-state index < -0.39 is 9.84 Å². The molecule has 1 aromatic rings. The predicted molar refractivity (Wildman–Crippen MR) is 110 cm³/mol. The van der Waals surface area contributed by atoms with Crippen LogP contribution in [0.25, 0.3) is 0 Å². The number of hydrogen-bond acceptors (Lipinski definition) is 4. The number of sulfone groups is 1. The monoisotopic (exact) mass is 469 g/mol. The highest BCUT2D eigenvalue weighted by Gasteiger charge is 2.08. The van der Waals surface area contributed by atoms with Crippen LogP contribution in [0.1, 0.15) is 25.0 Å². The molecule has 24 heavy (non-hydrogen) atoms. The molecule has 1 aromatic carbocycles. The third-order valence-electron chi connectivity index (χ3n) is 3.02. The normalized spacial score (nSPS) is 11.8. The van der Waals surface area contributed by atoms with E-state index in [-0.39, 0.29) is 35.8 Å². The molecule has 0 aliphatic heterocycles. The number of nitrogens with one attached hydrogen (secondary N) is 2. The second-order valence-electron chi connectivity index (χ2n) is 5.76. The van der Waals surface area contributed by atoms with E-state index in [9.17, 15) is 8.42 Å². The fourth-order valence-electron chi connectivity index (χ4n) is 1.93. The first-order valence-corrected chi connectivity index (χ1v) is 9.65. The van der Waals surface area contributed by atoms with Crippen molar-refractivity contribution in [1.29, 1.82) is 0 Å². The summed E-state index contributed by atoms with van der Waals surface area (Å²) in [4.78, 5) is 4.09. The summed E-state index contributed by atoms with van der Waals surface area (Å²) in [6.07, 6.45) is 1.31. The Bertz CT molecular complexity index is 646. The average Bonchev–Trinajstić information content (AvgIpc) is 2.42. The van der Waals surface area contributed by atoms with Gasteiger partial charge in [-0.2, -0.15) is 0 Å². The lowest BCUT2D eigenvalue weighted by molar-refractivity contribution is 0.239. The van der Waals surface area contributed by atoms with Gasteiger partial charge in [-0.1, -0.05) is 12.1 Å². The largest absolute Gasteiger partial charge is 0.491 e. The number of nitrogens with zero attached hydrogens (tertiary/aromatic N) is 1. The van der Waals surface area contributed by atoms with Gasteiger partial charge in [0.2, 0.25) is 0 Å². The zero-order valence-electron chi connectivity index (χ0n) is 14.9. The molecule has 0 fully saturated rings. The van der Waals surface area contributed by atoms with Gasteiger partial charge in [-0.3, -0.25) is 4.99 Å². The predicted octanol–water partition coefficient (Wildman–Crippen LogP) is 2.11. The number of guanidine groups is 1. The number of benzene rings is 1. The van der Waals surface area contributed by atoms with Crippen molar-refractivity contribution in [1.82, 2.24) is 10.6 Å². The van der Waals surface area contributed by atoms with Crippen molar-refractivity contribution in [3.8, 4) is 5.75 Å². The van der Waals surface area contributed by atoms with Gasteiger partial charge >= 0.3 is 0 Å². The van der Waals surface area contributed by atoms with Gasteiger partial charge in [-0.05, 0) is 32.4 Å². The molecule has 0 radical (unpaired) electrons. The average molecular weight is 469 g/mol. The van der Waals surface area contributed by atoms with Crippen molar-refractivity contribution in [3.05, 3.63) is 29.3 Å². The van der Waals surface area contributed by atoms with Crippen LogP contribution in [0.15, 0.2) is 23.2 Å². The number of aryl methyl sites for hydroxylation is 1. The molecule has 2 N–H and O–H groups in total. The zero-order chi connectivity index (χ0) is 17.5. The van der Waals surface area contributed by atoms with Gasteiger partial charge in [0.1, 0.15) is 15.6 Å². The standard InChI is InChI=1S/C16H27N3O3S.HI/c1-12(2)22-15-10-13(3)6-7-14(15)11-19-16(17-4)18-8-9-23(5,20)21;/h6-7,10,12H,8-9,11H2,1-5H3,(H2,17,18,19);1H. The molecule has 1 rings (SSSR count). The van der Waals surface area contributed by atoms with Crippen LogP contribution in [0.5, 0.6) is 5.75 Å². The third kappa shape index (κ3) is 9.31. The Kier molecular flexibility index (Phi) is 10.3. The zero-order valence-corrected chi connectivity index (χ0v) is 18.1. The molecule has 0 aromatic heterocycles. The second kappa shape index (κ2) is 10.8. The Morgan fingerprint density at radius 1 is 1.29 bits per heavy atom. The van der Waals surface area contributed by atoms with E-state index in [4.69, 9.17) is 4.74 Å². The van der Waals surface area contributed by atoms with E-state index in [0.29, 0.717) is 19.0 Å². The van der Waals surface area contributed by atoms with E-state index >= 15 is 0 Å². The Morgan fingerprint density at radius 2 is 1.96 bits per heavy atom. The van der Waals surface area contributed by atoms with Gasteiger partial charge in [0, 0.05) is 32.0 Å². The minimum Gasteiger partial charge on any atom is -0.491 e. The molecule has 0 saturated heterocycles. The van der Waals surface area contributed by atoms with Gasteiger partial charge < -0.3 is 15.4 Å². The summed E-state index contributed by atoms with van der Waals surface area (Å²) in [6.45, 7) is 6.87. The number of halogens is 1. The lowest BCUT2D eigenvalue weighted by Crippen LogP contribution is -2.39. The van der Waals surface area contributed by atoms with E-state index in [1.165, 1.54) is 6.26 Å². The molecular formula is C16H28IN3O3S. The van der Waals surface area contributed by atoms with Crippen molar-refractivity contribution >= 4 is 39.8 Å². The molecule has 0 amide bonds. The molecule has 0 unspecified atom stereocenters. The third-order valence-corrected chi connectivity index (χ3v) is 3.97. The summed E-state index contributed by atoms with van der Waals surface area (Å²) in [5.41, 5.74) is 2.16. The van der Waals surface area contributed by atoms with E-state index in [0.717, 1.165) is 16.9 Å². The molecule has 138 valence electrons. The molecule has 6 nitrogen and oxygen atoms in total. The van der Waals surface area contributed by atoms with Gasteiger partial charge in [-0.15, -0.1) is 24.0 Å². The molecule has 8 heteroatoms. The minimum atomic E-state index is -2.99. The maximum atomic E-state index is 11.1. The lowest BCUT2D eigenvalue weighted by Gasteiger charge is -2.17. The quantitative estimate of drug-likeness (QED) is 0.363. The number of aliphatic imine (C=N–C) groups is 1. The van der Waals surface area contributed by atoms with Crippen LogP contribution >= 0.6 is 24.0 Å². The smallest absolute Gasteiger partial charge is 0.191 e. The fourth-order valence-corrected chi connectivity index (χ4v) is 2.40. The summed E-state index contributed by atoms with van der Waals surface area (Å²) >= 11 is 0. The Hall–Kier alpha value is -1.03. The van der Waals surface area contributed by atoms with Crippen LogP contribution in [0.3, 0.4) is 0 Å². The second-order valence-corrected chi connectivity index (χ2v) is 8.02. The highest BCUT2D eigenvalue weighted by molar-refractivity contribution is 14.0. The van der Waals surface area contributed by atoms with Crippen molar-refractivity contribution in [2.24, 2.45) is 4.99 Å². The first kappa shape index (κ1) is 23.0. The van der Waals surface area contributed by atoms with Crippen LogP contribution in [0.4, 0.5) is 0 Å². The number of hydrogen-bond donors (Lipinski definition) is 2. The summed E-state index contributed by atoms with van der Waals surface area (Å²) in [5.74, 6) is 1.48. The summed E-state index contributed by atoms with van der Waals surface area (Å²) in [7, 11) is -1.34. The molecule has 0 heterocycles. The Morgan fingerprint density at radius 3 is 2.50 bits per heavy atom. The molecule has 0 bridgehead atoms. The van der Waals surface area contributed by atoms with Crippen LogP contribution < -0.4 is 15.4 Å². The van der Waals surface area contributed by atoms with Gasteiger partial charge in [-0.25, -0.2) is 8.42 Å².